The maximum absolute atomic E-state index is 3.86. The molecular formula is C11H18Si. The highest BCUT2D eigenvalue weighted by Gasteiger charge is 2.37. The topological polar surface area (TPSA) is 0 Å². The van der Waals surface area contributed by atoms with Crippen LogP contribution in [-0.4, -0.2) is 8.07 Å². The fraction of sp³-hybridized carbons (Fsp3) is 0.273. The quantitative estimate of drug-likeness (QED) is 0.446. The summed E-state index contributed by atoms with van der Waals surface area (Å²) in [5.41, 5.74) is 5.98. The summed E-state index contributed by atoms with van der Waals surface area (Å²) < 4.78 is 0. The van der Waals surface area contributed by atoms with Crippen molar-refractivity contribution in [2.45, 2.75) is 18.9 Å². The minimum absolute atomic E-state index is 0.0538. The van der Waals surface area contributed by atoms with Gasteiger partial charge in [0.25, 0.3) is 0 Å². The van der Waals surface area contributed by atoms with Gasteiger partial charge in [0.05, 0.1) is 0 Å². The molecule has 0 aliphatic heterocycles. The standard InChI is InChI=1S/C11H18Si/c1-7-11(5,6)12(8-2,9-3)10-4/h7-10H,1-4H2,5-6H3. The lowest BCUT2D eigenvalue weighted by Gasteiger charge is -2.35. The van der Waals surface area contributed by atoms with Crippen molar-refractivity contribution >= 4 is 8.07 Å². The van der Waals surface area contributed by atoms with Crippen LogP contribution in [0.5, 0.6) is 0 Å². The van der Waals surface area contributed by atoms with Crippen LogP contribution in [0.25, 0.3) is 0 Å². The Kier molecular flexibility index (Phi) is 3.47. The molecule has 0 heterocycles. The molecule has 0 aromatic rings. The van der Waals surface area contributed by atoms with Gasteiger partial charge in [0, 0.05) is 0 Å². The number of rotatable bonds is 5. The molecule has 0 atom stereocenters. The lowest BCUT2D eigenvalue weighted by molar-refractivity contribution is 0.830. The Morgan fingerprint density at radius 3 is 1.33 bits per heavy atom. The molecule has 0 aromatic heterocycles. The van der Waals surface area contributed by atoms with Crippen molar-refractivity contribution in [1.29, 1.82) is 0 Å². The van der Waals surface area contributed by atoms with Crippen LogP contribution in [0.3, 0.4) is 0 Å². The molecule has 0 aliphatic rings. The van der Waals surface area contributed by atoms with Crippen LogP contribution in [0.15, 0.2) is 49.5 Å². The molecule has 12 heavy (non-hydrogen) atoms. The first kappa shape index (κ1) is 11.2. The molecule has 66 valence electrons. The minimum Gasteiger partial charge on any atom is -0.106 e. The van der Waals surface area contributed by atoms with E-state index in [4.69, 9.17) is 0 Å². The molecule has 0 unspecified atom stereocenters. The van der Waals surface area contributed by atoms with Gasteiger partial charge in [-0.25, -0.2) is 0 Å². The van der Waals surface area contributed by atoms with Crippen molar-refractivity contribution in [3.8, 4) is 0 Å². The van der Waals surface area contributed by atoms with E-state index >= 15 is 0 Å². The molecule has 0 saturated heterocycles. The predicted octanol–water partition coefficient (Wildman–Crippen LogP) is 3.58. The van der Waals surface area contributed by atoms with Gasteiger partial charge in [0.15, 0.2) is 0 Å². The second-order valence-electron chi connectivity index (χ2n) is 3.47. The van der Waals surface area contributed by atoms with Crippen LogP contribution in [0.4, 0.5) is 0 Å². The van der Waals surface area contributed by atoms with Gasteiger partial charge in [-0.05, 0) is 5.04 Å². The Balaban J connectivity index is 5.21. The Labute approximate surface area is 77.0 Å². The van der Waals surface area contributed by atoms with Gasteiger partial charge in [-0.2, -0.15) is 0 Å². The summed E-state index contributed by atoms with van der Waals surface area (Å²) in [5.74, 6) is 0. The SMILES string of the molecule is C=CC(C)(C)[Si](C=C)(C=C)C=C. The average molecular weight is 178 g/mol. The molecule has 0 amide bonds. The molecule has 0 rings (SSSR count). The highest BCUT2D eigenvalue weighted by Crippen LogP contribution is 2.39. The fourth-order valence-electron chi connectivity index (χ4n) is 1.22. The highest BCUT2D eigenvalue weighted by atomic mass is 28.3. The summed E-state index contributed by atoms with van der Waals surface area (Å²) in [6, 6.07) is 0. The first-order valence-corrected chi connectivity index (χ1v) is 6.27. The van der Waals surface area contributed by atoms with Crippen LogP contribution >= 0.6 is 0 Å². The second-order valence-corrected chi connectivity index (χ2v) is 7.85. The first-order valence-electron chi connectivity index (χ1n) is 4.04. The van der Waals surface area contributed by atoms with E-state index in [1.807, 2.05) is 23.2 Å². The normalized spacial score (nSPS) is 11.8. The third-order valence-electron chi connectivity index (χ3n) is 2.64. The number of hydrogen-bond donors (Lipinski definition) is 0. The van der Waals surface area contributed by atoms with Crippen molar-refractivity contribution < 1.29 is 0 Å². The molecule has 0 nitrogen and oxygen atoms in total. The summed E-state index contributed by atoms with van der Waals surface area (Å²) in [6.45, 7) is 19.7. The van der Waals surface area contributed by atoms with Crippen molar-refractivity contribution in [3.05, 3.63) is 49.5 Å². The van der Waals surface area contributed by atoms with Crippen LogP contribution in [0.2, 0.25) is 5.04 Å². The number of hydrogen-bond acceptors (Lipinski definition) is 0. The number of allylic oxidation sites excluding steroid dienone is 1. The van der Waals surface area contributed by atoms with E-state index in [0.717, 1.165) is 0 Å². The summed E-state index contributed by atoms with van der Waals surface area (Å²) in [4.78, 5) is 0. The van der Waals surface area contributed by atoms with Gasteiger partial charge in [0.2, 0.25) is 0 Å². The zero-order valence-corrected chi connectivity index (χ0v) is 9.14. The van der Waals surface area contributed by atoms with E-state index in [1.165, 1.54) is 0 Å². The Morgan fingerprint density at radius 2 is 1.25 bits per heavy atom. The molecule has 1 heteroatoms. The zero-order valence-electron chi connectivity index (χ0n) is 8.14. The Morgan fingerprint density at radius 1 is 0.917 bits per heavy atom. The van der Waals surface area contributed by atoms with Crippen LogP contribution in [0, 0.1) is 0 Å². The Hall–Kier alpha value is -0.823. The maximum atomic E-state index is 3.86. The molecule has 0 aromatic carbocycles. The third kappa shape index (κ3) is 1.51. The smallest absolute Gasteiger partial charge is 0.106 e. The summed E-state index contributed by atoms with van der Waals surface area (Å²) in [7, 11) is -1.77. The van der Waals surface area contributed by atoms with Crippen molar-refractivity contribution in [1.82, 2.24) is 0 Å². The van der Waals surface area contributed by atoms with Crippen molar-refractivity contribution in [2.24, 2.45) is 0 Å². The van der Waals surface area contributed by atoms with Crippen LogP contribution in [0.1, 0.15) is 13.8 Å². The minimum atomic E-state index is -1.77. The van der Waals surface area contributed by atoms with Gasteiger partial charge in [-0.1, -0.05) is 37.0 Å². The van der Waals surface area contributed by atoms with Crippen molar-refractivity contribution in [2.75, 3.05) is 0 Å². The van der Waals surface area contributed by atoms with Gasteiger partial charge in [-0.3, -0.25) is 0 Å². The lowest BCUT2D eigenvalue weighted by atomic mass is 10.2. The highest BCUT2D eigenvalue weighted by molar-refractivity contribution is 6.95. The summed E-state index contributed by atoms with van der Waals surface area (Å²) in [5, 5.41) is 0.0538. The predicted molar refractivity (Wildman–Crippen MR) is 60.6 cm³/mol. The van der Waals surface area contributed by atoms with Crippen molar-refractivity contribution in [3.63, 3.8) is 0 Å². The van der Waals surface area contributed by atoms with Crippen LogP contribution < -0.4 is 0 Å². The fourth-order valence-corrected chi connectivity index (χ4v) is 3.65. The zero-order chi connectivity index (χ0) is 9.83. The van der Waals surface area contributed by atoms with E-state index in [2.05, 4.69) is 40.2 Å². The summed E-state index contributed by atoms with van der Waals surface area (Å²) in [6.07, 6.45) is 1.96. The van der Waals surface area contributed by atoms with Gasteiger partial charge in [0.1, 0.15) is 8.07 Å². The van der Waals surface area contributed by atoms with E-state index in [1.54, 1.807) is 0 Å². The van der Waals surface area contributed by atoms with E-state index < -0.39 is 8.07 Å². The molecule has 0 aliphatic carbocycles. The average Bonchev–Trinajstić information content (AvgIpc) is 2.08. The largest absolute Gasteiger partial charge is 0.134 e. The van der Waals surface area contributed by atoms with Crippen LogP contribution in [-0.2, 0) is 0 Å². The molecule has 0 bridgehead atoms. The third-order valence-corrected chi connectivity index (χ3v) is 7.10. The van der Waals surface area contributed by atoms with E-state index in [9.17, 15) is 0 Å². The lowest BCUT2D eigenvalue weighted by Crippen LogP contribution is -2.38. The molecule has 0 fully saturated rings. The molecular weight excluding hydrogens is 160 g/mol. The van der Waals surface area contributed by atoms with Gasteiger partial charge < -0.3 is 0 Å². The molecule has 0 spiro atoms. The van der Waals surface area contributed by atoms with E-state index in [0.29, 0.717) is 0 Å². The maximum Gasteiger partial charge on any atom is 0.134 e. The molecule has 0 radical (unpaired) electrons. The summed E-state index contributed by atoms with van der Waals surface area (Å²) >= 11 is 0. The molecule has 0 saturated carbocycles. The van der Waals surface area contributed by atoms with Gasteiger partial charge >= 0.3 is 0 Å². The molecule has 0 N–H and O–H groups in total. The monoisotopic (exact) mass is 178 g/mol. The first-order chi connectivity index (χ1) is 5.49. The van der Waals surface area contributed by atoms with Gasteiger partial charge in [-0.15, -0.1) is 26.3 Å². The Bertz CT molecular complexity index is 189. The second kappa shape index (κ2) is 3.72. The van der Waals surface area contributed by atoms with E-state index in [-0.39, 0.29) is 5.04 Å².